The van der Waals surface area contributed by atoms with Crippen LogP contribution in [0.25, 0.3) is 0 Å². The van der Waals surface area contributed by atoms with Gasteiger partial charge >= 0.3 is 5.97 Å². The summed E-state index contributed by atoms with van der Waals surface area (Å²) in [6.07, 6.45) is 8.78. The van der Waals surface area contributed by atoms with E-state index in [0.29, 0.717) is 30.1 Å². The van der Waals surface area contributed by atoms with E-state index in [-0.39, 0.29) is 11.5 Å². The average Bonchev–Trinajstić information content (AvgIpc) is 2.83. The largest absolute Gasteiger partial charge is 0.462 e. The lowest BCUT2D eigenvalue weighted by atomic mass is 9.71. The van der Waals surface area contributed by atoms with Gasteiger partial charge in [0, 0.05) is 12.4 Å². The van der Waals surface area contributed by atoms with E-state index in [0.717, 1.165) is 39.1 Å². The summed E-state index contributed by atoms with van der Waals surface area (Å²) < 4.78 is 10.4. The van der Waals surface area contributed by atoms with Gasteiger partial charge in [-0.3, -0.25) is 4.90 Å². The molecule has 2 aromatic rings. The maximum atomic E-state index is 11.9. The molecule has 0 unspecified atom stereocenters. The highest BCUT2D eigenvalue weighted by molar-refractivity contribution is 5.88. The van der Waals surface area contributed by atoms with Crippen LogP contribution in [-0.2, 0) is 15.0 Å². The van der Waals surface area contributed by atoms with Crippen molar-refractivity contribution < 1.29 is 14.3 Å². The van der Waals surface area contributed by atoms with Gasteiger partial charge in [0.1, 0.15) is 0 Å². The molecule has 2 saturated heterocycles. The lowest BCUT2D eigenvalue weighted by molar-refractivity contribution is -0.0712. The second-order valence-corrected chi connectivity index (χ2v) is 9.20. The molecule has 0 radical (unpaired) electrons. The van der Waals surface area contributed by atoms with Crippen molar-refractivity contribution in [3.63, 3.8) is 0 Å². The minimum atomic E-state index is -0.388. The monoisotopic (exact) mass is 466 g/mol. The summed E-state index contributed by atoms with van der Waals surface area (Å²) in [6.45, 7) is 10.2. The summed E-state index contributed by atoms with van der Waals surface area (Å²) in [5.41, 5.74) is 3.00. The Balaban J connectivity index is 0.00000133. The van der Waals surface area contributed by atoms with Gasteiger partial charge in [-0.05, 0) is 69.2 Å². The number of carbonyl (C=O) groups is 1. The second kappa shape index (κ2) is 11.3. The van der Waals surface area contributed by atoms with Crippen molar-refractivity contribution in [2.75, 3.05) is 38.2 Å². The smallest absolute Gasteiger partial charge is 0.341 e. The van der Waals surface area contributed by atoms with Crippen molar-refractivity contribution in [2.24, 2.45) is 0 Å². The van der Waals surface area contributed by atoms with Crippen LogP contribution in [0, 0.1) is 0 Å². The van der Waals surface area contributed by atoms with Gasteiger partial charge in [-0.15, -0.1) is 0 Å². The Bertz CT molecular complexity index is 933. The van der Waals surface area contributed by atoms with Gasteiger partial charge in [-0.1, -0.05) is 38.1 Å². The number of aromatic nitrogens is 2. The minimum Gasteiger partial charge on any atom is -0.462 e. The number of piperidine rings is 1. The predicted octanol–water partition coefficient (Wildman–Crippen LogP) is 4.75. The van der Waals surface area contributed by atoms with E-state index in [1.165, 1.54) is 42.8 Å². The molecule has 1 N–H and O–H groups in total. The van der Waals surface area contributed by atoms with Gasteiger partial charge < -0.3 is 14.8 Å². The number of benzene rings is 1. The topological polar surface area (TPSA) is 76.6 Å². The molecular weight excluding hydrogens is 428 g/mol. The van der Waals surface area contributed by atoms with Crippen molar-refractivity contribution in [2.45, 2.75) is 70.4 Å². The number of esters is 1. The summed E-state index contributed by atoms with van der Waals surface area (Å²) in [5, 5.41) is 3.58. The fourth-order valence-electron chi connectivity index (χ4n) is 5.06. The first-order valence-electron chi connectivity index (χ1n) is 12.9. The molecule has 34 heavy (non-hydrogen) atoms. The predicted molar refractivity (Wildman–Crippen MR) is 133 cm³/mol. The van der Waals surface area contributed by atoms with Crippen LogP contribution in [0.2, 0.25) is 0 Å². The third kappa shape index (κ3) is 5.26. The molecule has 1 aliphatic carbocycles. The molecule has 0 spiro atoms. The van der Waals surface area contributed by atoms with Gasteiger partial charge in [0.2, 0.25) is 5.95 Å². The van der Waals surface area contributed by atoms with Crippen LogP contribution < -0.4 is 5.32 Å². The number of carbonyl (C=O) groups excluding carboxylic acids is 1. The van der Waals surface area contributed by atoms with Gasteiger partial charge in [0.25, 0.3) is 0 Å². The summed E-state index contributed by atoms with van der Waals surface area (Å²) >= 11 is 0. The van der Waals surface area contributed by atoms with Crippen LogP contribution in [-0.4, -0.2) is 59.8 Å². The normalized spacial score (nSPS) is 20.3. The van der Waals surface area contributed by atoms with Crippen molar-refractivity contribution in [1.29, 1.82) is 0 Å². The first-order chi connectivity index (χ1) is 16.7. The van der Waals surface area contributed by atoms with Crippen molar-refractivity contribution >= 4 is 11.9 Å². The zero-order valence-electron chi connectivity index (χ0n) is 20.8. The number of rotatable bonds is 7. The summed E-state index contributed by atoms with van der Waals surface area (Å²) in [5.74, 6) is 0.782. The van der Waals surface area contributed by atoms with E-state index in [1.807, 2.05) is 13.8 Å². The van der Waals surface area contributed by atoms with E-state index in [9.17, 15) is 4.79 Å². The van der Waals surface area contributed by atoms with Crippen LogP contribution in [0.3, 0.4) is 0 Å². The molecule has 0 bridgehead atoms. The van der Waals surface area contributed by atoms with E-state index in [2.05, 4.69) is 44.5 Å². The number of nitrogens with zero attached hydrogens (tertiary/aromatic N) is 3. The molecule has 0 amide bonds. The minimum absolute atomic E-state index is 0.134. The molecule has 2 aliphatic heterocycles. The molecule has 3 aliphatic rings. The Morgan fingerprint density at radius 2 is 1.88 bits per heavy atom. The summed E-state index contributed by atoms with van der Waals surface area (Å²) in [6, 6.07) is 9.74. The molecule has 7 nitrogen and oxygen atoms in total. The fourth-order valence-corrected chi connectivity index (χ4v) is 5.06. The highest BCUT2D eigenvalue weighted by Gasteiger charge is 2.40. The SMILES string of the molecule is CC.CCOC(=O)c1cnc(NC2(c3cccc(C4CCN(C5COC5)CC4)c3)CCC2)nc1. The third-order valence-electron chi connectivity index (χ3n) is 7.30. The Morgan fingerprint density at radius 3 is 2.44 bits per heavy atom. The molecule has 1 aromatic heterocycles. The number of anilines is 1. The molecule has 1 aromatic carbocycles. The van der Waals surface area contributed by atoms with E-state index < -0.39 is 0 Å². The lowest BCUT2D eigenvalue weighted by Gasteiger charge is -2.44. The van der Waals surface area contributed by atoms with Gasteiger partial charge in [-0.25, -0.2) is 14.8 Å². The van der Waals surface area contributed by atoms with E-state index in [1.54, 1.807) is 6.92 Å². The molecular formula is C27H38N4O3. The fraction of sp³-hybridized carbons (Fsp3) is 0.593. The number of ether oxygens (including phenoxy) is 2. The molecule has 1 saturated carbocycles. The van der Waals surface area contributed by atoms with Crippen LogP contribution in [0.4, 0.5) is 5.95 Å². The van der Waals surface area contributed by atoms with Gasteiger partial charge in [0.15, 0.2) is 0 Å². The average molecular weight is 467 g/mol. The summed E-state index contributed by atoms with van der Waals surface area (Å²) in [7, 11) is 0. The number of hydrogen-bond donors (Lipinski definition) is 1. The Hall–Kier alpha value is -2.51. The Morgan fingerprint density at radius 1 is 1.18 bits per heavy atom. The van der Waals surface area contributed by atoms with Crippen molar-refractivity contribution in [1.82, 2.24) is 14.9 Å². The molecule has 0 atom stereocenters. The van der Waals surface area contributed by atoms with Crippen LogP contribution in [0.1, 0.15) is 80.3 Å². The summed E-state index contributed by atoms with van der Waals surface area (Å²) in [4.78, 5) is 23.2. The standard InChI is InChI=1S/C25H32N4O3.C2H6/c1-2-32-23(30)20-14-26-24(27-15-20)28-25(9-4-10-25)21-6-3-5-19(13-21)18-7-11-29(12-8-18)22-16-31-17-22;1-2/h3,5-6,13-15,18,22H,2,4,7-12,16-17H2,1H3,(H,26,27,28);1-2H3. The Labute approximate surface area is 203 Å². The molecule has 7 heteroatoms. The van der Waals surface area contributed by atoms with Crippen LogP contribution in [0.5, 0.6) is 0 Å². The molecule has 5 rings (SSSR count). The quantitative estimate of drug-likeness (QED) is 0.590. The van der Waals surface area contributed by atoms with Gasteiger partial charge in [-0.2, -0.15) is 0 Å². The van der Waals surface area contributed by atoms with Gasteiger partial charge in [0.05, 0.1) is 37.0 Å². The number of likely N-dealkylation sites (tertiary alicyclic amines) is 1. The van der Waals surface area contributed by atoms with Crippen molar-refractivity contribution in [3.8, 4) is 0 Å². The number of nitrogens with one attached hydrogen (secondary N) is 1. The zero-order chi connectivity index (χ0) is 24.0. The Kier molecular flexibility index (Phi) is 8.16. The third-order valence-corrected chi connectivity index (χ3v) is 7.30. The zero-order valence-corrected chi connectivity index (χ0v) is 20.8. The molecule has 3 fully saturated rings. The maximum Gasteiger partial charge on any atom is 0.341 e. The lowest BCUT2D eigenvalue weighted by Crippen LogP contribution is -2.51. The van der Waals surface area contributed by atoms with Crippen LogP contribution in [0.15, 0.2) is 36.7 Å². The highest BCUT2D eigenvalue weighted by Crippen LogP contribution is 2.44. The molecule has 184 valence electrons. The van der Waals surface area contributed by atoms with Crippen molar-refractivity contribution in [3.05, 3.63) is 53.3 Å². The number of hydrogen-bond acceptors (Lipinski definition) is 7. The van der Waals surface area contributed by atoms with E-state index in [4.69, 9.17) is 9.47 Å². The van der Waals surface area contributed by atoms with Crippen LogP contribution >= 0.6 is 0 Å². The highest BCUT2D eigenvalue weighted by atomic mass is 16.5. The molecule has 3 heterocycles. The first-order valence-corrected chi connectivity index (χ1v) is 12.9. The first kappa shape index (κ1) is 24.6. The van der Waals surface area contributed by atoms with E-state index >= 15 is 0 Å². The second-order valence-electron chi connectivity index (χ2n) is 9.20. The maximum absolute atomic E-state index is 11.9.